The second-order valence-electron chi connectivity index (χ2n) is 5.68. The maximum atomic E-state index is 11.8. The molecule has 3 rings (SSSR count). The van der Waals surface area contributed by atoms with Gasteiger partial charge in [-0.1, -0.05) is 42.5 Å². The topological polar surface area (TPSA) is 117 Å². The van der Waals surface area contributed by atoms with Crippen molar-refractivity contribution in [2.24, 2.45) is 10.2 Å². The summed E-state index contributed by atoms with van der Waals surface area (Å²) in [7, 11) is 1.22. The molecular formula is C20H15N3O5S. The molecule has 2 aromatic rings. The lowest BCUT2D eigenvalue weighted by Gasteiger charge is -2.08. The van der Waals surface area contributed by atoms with Crippen LogP contribution in [0.4, 0.5) is 0 Å². The van der Waals surface area contributed by atoms with Gasteiger partial charge in [0.15, 0.2) is 5.17 Å². The number of benzene rings is 2. The van der Waals surface area contributed by atoms with E-state index < -0.39 is 17.8 Å². The largest absolute Gasteiger partial charge is 0.478 e. The number of thioether (sulfide) groups is 1. The third-order valence-corrected chi connectivity index (χ3v) is 4.76. The maximum Gasteiger partial charge on any atom is 0.336 e. The predicted octanol–water partition coefficient (Wildman–Crippen LogP) is 2.66. The van der Waals surface area contributed by atoms with Gasteiger partial charge < -0.3 is 9.84 Å². The molecule has 0 saturated carbocycles. The Morgan fingerprint density at radius 3 is 2.52 bits per heavy atom. The number of amidine groups is 1. The van der Waals surface area contributed by atoms with Crippen molar-refractivity contribution in [3.8, 4) is 11.1 Å². The number of hydrogen-bond donors (Lipinski definition) is 2. The van der Waals surface area contributed by atoms with Crippen molar-refractivity contribution < 1.29 is 24.2 Å². The number of carbonyl (C=O) groups excluding carboxylic acids is 2. The van der Waals surface area contributed by atoms with Crippen LogP contribution in [0.3, 0.4) is 0 Å². The number of carboxylic acids is 1. The molecule has 0 aliphatic carbocycles. The van der Waals surface area contributed by atoms with E-state index in [0.717, 1.165) is 17.8 Å². The highest BCUT2D eigenvalue weighted by molar-refractivity contribution is 8.18. The van der Waals surface area contributed by atoms with Crippen LogP contribution in [-0.2, 0) is 14.3 Å². The molecule has 0 aromatic heterocycles. The van der Waals surface area contributed by atoms with Gasteiger partial charge in [-0.15, -0.1) is 5.10 Å². The number of esters is 1. The van der Waals surface area contributed by atoms with E-state index in [2.05, 4.69) is 20.3 Å². The number of aromatic carboxylic acids is 1. The Bertz CT molecular complexity index is 1080. The quantitative estimate of drug-likeness (QED) is 0.339. The molecule has 1 aliphatic rings. The van der Waals surface area contributed by atoms with Gasteiger partial charge in [-0.25, -0.2) is 9.59 Å². The Balaban J connectivity index is 1.86. The highest BCUT2D eigenvalue weighted by atomic mass is 32.2. The van der Waals surface area contributed by atoms with E-state index in [4.69, 9.17) is 0 Å². The van der Waals surface area contributed by atoms with Crippen molar-refractivity contribution in [3.05, 3.63) is 70.6 Å². The number of carbonyl (C=O) groups is 3. The van der Waals surface area contributed by atoms with Crippen LogP contribution in [0, 0.1) is 0 Å². The van der Waals surface area contributed by atoms with Gasteiger partial charge in [0.1, 0.15) is 0 Å². The number of rotatable bonds is 5. The number of methoxy groups -OCH3 is 1. The molecule has 1 fully saturated rings. The second kappa shape index (κ2) is 8.98. The van der Waals surface area contributed by atoms with Gasteiger partial charge >= 0.3 is 11.9 Å². The first-order valence-corrected chi connectivity index (χ1v) is 9.13. The number of nitrogens with zero attached hydrogens (tertiary/aromatic N) is 2. The number of hydrogen-bond acceptors (Lipinski definition) is 7. The van der Waals surface area contributed by atoms with Crippen molar-refractivity contribution >= 4 is 41.0 Å². The standard InChI is InChI=1S/C20H15N3O5S/c1-28-17(24)10-16-18(25)22-20(29-16)23-21-11-12-6-2-3-7-13(12)14-8-4-5-9-15(14)19(26)27/h2-11H,1H3,(H,26,27)(H,22,23,25)/b16-10+,21-11?. The molecule has 9 heteroatoms. The summed E-state index contributed by atoms with van der Waals surface area (Å²) < 4.78 is 4.50. The Kier molecular flexibility index (Phi) is 6.20. The van der Waals surface area contributed by atoms with Gasteiger partial charge in [0, 0.05) is 11.6 Å². The van der Waals surface area contributed by atoms with Crippen LogP contribution in [0.2, 0.25) is 0 Å². The van der Waals surface area contributed by atoms with Crippen LogP contribution < -0.4 is 5.32 Å². The van der Waals surface area contributed by atoms with Crippen molar-refractivity contribution in [3.63, 3.8) is 0 Å². The van der Waals surface area contributed by atoms with E-state index >= 15 is 0 Å². The highest BCUT2D eigenvalue weighted by Crippen LogP contribution is 2.27. The van der Waals surface area contributed by atoms with E-state index in [9.17, 15) is 19.5 Å². The zero-order chi connectivity index (χ0) is 20.8. The van der Waals surface area contributed by atoms with E-state index in [0.29, 0.717) is 16.7 Å². The molecule has 0 atom stereocenters. The lowest BCUT2D eigenvalue weighted by atomic mass is 9.96. The normalized spacial score (nSPS) is 16.4. The number of carboxylic acid groups (broad SMARTS) is 1. The van der Waals surface area contributed by atoms with Gasteiger partial charge in [0.2, 0.25) is 0 Å². The summed E-state index contributed by atoms with van der Waals surface area (Å²) >= 11 is 0.963. The average molecular weight is 409 g/mol. The zero-order valence-electron chi connectivity index (χ0n) is 15.2. The molecule has 8 nitrogen and oxygen atoms in total. The van der Waals surface area contributed by atoms with Crippen LogP contribution in [0.15, 0.2) is 69.7 Å². The van der Waals surface area contributed by atoms with Gasteiger partial charge in [-0.05, 0) is 29.0 Å². The van der Waals surface area contributed by atoms with E-state index in [1.165, 1.54) is 19.4 Å². The lowest BCUT2D eigenvalue weighted by Crippen LogP contribution is -2.19. The molecule has 0 bridgehead atoms. The summed E-state index contributed by atoms with van der Waals surface area (Å²) in [6.07, 6.45) is 2.54. The molecule has 146 valence electrons. The fraction of sp³-hybridized carbons (Fsp3) is 0.0500. The second-order valence-corrected chi connectivity index (χ2v) is 6.71. The van der Waals surface area contributed by atoms with Gasteiger partial charge in [-0.3, -0.25) is 10.1 Å². The molecular weight excluding hydrogens is 394 g/mol. The predicted molar refractivity (Wildman–Crippen MR) is 110 cm³/mol. The van der Waals surface area contributed by atoms with Gasteiger partial charge in [0.25, 0.3) is 5.91 Å². The molecule has 1 heterocycles. The molecule has 1 amide bonds. The molecule has 1 saturated heterocycles. The first kappa shape index (κ1) is 20.0. The Hall–Kier alpha value is -3.72. The van der Waals surface area contributed by atoms with Crippen molar-refractivity contribution in [2.45, 2.75) is 0 Å². The molecule has 1 aliphatic heterocycles. The van der Waals surface area contributed by atoms with E-state index in [1.54, 1.807) is 42.5 Å². The van der Waals surface area contributed by atoms with Crippen molar-refractivity contribution in [1.82, 2.24) is 5.32 Å². The first-order valence-electron chi connectivity index (χ1n) is 8.31. The van der Waals surface area contributed by atoms with Crippen LogP contribution >= 0.6 is 11.8 Å². The maximum absolute atomic E-state index is 11.8. The monoisotopic (exact) mass is 409 g/mol. The molecule has 2 N–H and O–H groups in total. The summed E-state index contributed by atoms with van der Waals surface area (Å²) in [6.45, 7) is 0. The molecule has 29 heavy (non-hydrogen) atoms. The summed E-state index contributed by atoms with van der Waals surface area (Å²) in [5.74, 6) is -2.13. The van der Waals surface area contributed by atoms with Crippen molar-refractivity contribution in [1.29, 1.82) is 0 Å². The van der Waals surface area contributed by atoms with Crippen LogP contribution in [0.5, 0.6) is 0 Å². The number of nitrogens with one attached hydrogen (secondary N) is 1. The van der Waals surface area contributed by atoms with Gasteiger partial charge in [0.05, 0.1) is 23.8 Å². The average Bonchev–Trinajstić information content (AvgIpc) is 3.07. The third-order valence-electron chi connectivity index (χ3n) is 3.85. The van der Waals surface area contributed by atoms with E-state index in [-0.39, 0.29) is 15.6 Å². The van der Waals surface area contributed by atoms with Crippen LogP contribution in [0.25, 0.3) is 11.1 Å². The Morgan fingerprint density at radius 2 is 1.79 bits per heavy atom. The smallest absolute Gasteiger partial charge is 0.336 e. The number of ether oxygens (including phenoxy) is 1. The highest BCUT2D eigenvalue weighted by Gasteiger charge is 2.25. The summed E-state index contributed by atoms with van der Waals surface area (Å²) in [5.41, 5.74) is 2.08. The lowest BCUT2D eigenvalue weighted by molar-refractivity contribution is -0.135. The van der Waals surface area contributed by atoms with Gasteiger partial charge in [-0.2, -0.15) is 5.10 Å². The Morgan fingerprint density at radius 1 is 1.10 bits per heavy atom. The molecule has 2 aromatic carbocycles. The Labute approximate surface area is 170 Å². The third kappa shape index (κ3) is 4.77. The molecule has 0 radical (unpaired) electrons. The minimum atomic E-state index is -1.03. The van der Waals surface area contributed by atoms with Crippen molar-refractivity contribution in [2.75, 3.05) is 7.11 Å². The van der Waals surface area contributed by atoms with E-state index in [1.807, 2.05) is 0 Å². The fourth-order valence-electron chi connectivity index (χ4n) is 2.54. The number of amides is 1. The first-order chi connectivity index (χ1) is 14.0. The minimum absolute atomic E-state index is 0.154. The fourth-order valence-corrected chi connectivity index (χ4v) is 3.28. The minimum Gasteiger partial charge on any atom is -0.478 e. The molecule has 0 unspecified atom stereocenters. The van der Waals surface area contributed by atoms with Crippen LogP contribution in [0.1, 0.15) is 15.9 Å². The summed E-state index contributed by atoms with van der Waals surface area (Å²) in [4.78, 5) is 34.7. The zero-order valence-corrected chi connectivity index (χ0v) is 16.0. The van der Waals surface area contributed by atoms with Crippen LogP contribution in [-0.4, -0.2) is 41.4 Å². The molecule has 0 spiro atoms. The summed E-state index contributed by atoms with van der Waals surface area (Å²) in [6, 6.07) is 13.8. The summed E-state index contributed by atoms with van der Waals surface area (Å²) in [5, 5.41) is 20.1. The SMILES string of the molecule is COC(=O)/C=C1/S/C(=N\N=Cc2ccccc2-c2ccccc2C(=O)O)NC1=O.